The standard InChI is InChI=1S/C25H28N2O5S3/c1-15-17(18-10-7-6-9-16(18)14-28)11-8-12-20(15)35(30,31)21-13-19(34-23(21)33-5)22(26)27-24(29)32-25(2,3)4/h6-13,28H,14H2,1-5H3,(H2,26,27,29). The highest BCUT2D eigenvalue weighted by molar-refractivity contribution is 8.01. The van der Waals surface area contributed by atoms with Gasteiger partial charge in [-0.1, -0.05) is 36.4 Å². The molecule has 0 saturated heterocycles. The minimum absolute atomic E-state index is 0.0800. The van der Waals surface area contributed by atoms with Crippen molar-refractivity contribution in [2.75, 3.05) is 6.26 Å². The fourth-order valence-corrected chi connectivity index (χ4v) is 7.67. The third-order valence-electron chi connectivity index (χ3n) is 5.06. The van der Waals surface area contributed by atoms with Crippen LogP contribution < -0.4 is 5.32 Å². The first-order chi connectivity index (χ1) is 16.4. The lowest BCUT2D eigenvalue weighted by Crippen LogP contribution is -2.36. The smallest absolute Gasteiger partial charge is 0.413 e. The molecule has 0 aliphatic carbocycles. The Morgan fingerprint density at radius 1 is 1.11 bits per heavy atom. The van der Waals surface area contributed by atoms with Crippen LogP contribution in [0.4, 0.5) is 4.79 Å². The molecule has 35 heavy (non-hydrogen) atoms. The van der Waals surface area contributed by atoms with Crippen LogP contribution in [0, 0.1) is 12.3 Å². The zero-order chi connectivity index (χ0) is 26.0. The number of nitrogens with one attached hydrogen (secondary N) is 2. The number of sulfone groups is 1. The summed E-state index contributed by atoms with van der Waals surface area (Å²) in [6, 6.07) is 13.8. The molecular weight excluding hydrogens is 504 g/mol. The molecule has 10 heteroatoms. The first kappa shape index (κ1) is 26.9. The van der Waals surface area contributed by atoms with E-state index < -0.39 is 21.5 Å². The third kappa shape index (κ3) is 5.95. The molecule has 186 valence electrons. The van der Waals surface area contributed by atoms with E-state index in [-0.39, 0.29) is 22.2 Å². The van der Waals surface area contributed by atoms with E-state index in [4.69, 9.17) is 10.1 Å². The monoisotopic (exact) mass is 532 g/mol. The van der Waals surface area contributed by atoms with Crippen LogP contribution in [0.25, 0.3) is 11.1 Å². The summed E-state index contributed by atoms with van der Waals surface area (Å²) < 4.78 is 33.3. The number of ether oxygens (including phenoxy) is 1. The molecule has 0 fully saturated rings. The van der Waals surface area contributed by atoms with Crippen LogP contribution in [0.2, 0.25) is 0 Å². The predicted molar refractivity (Wildman–Crippen MR) is 140 cm³/mol. The van der Waals surface area contributed by atoms with Crippen molar-refractivity contribution in [2.24, 2.45) is 0 Å². The van der Waals surface area contributed by atoms with Gasteiger partial charge < -0.3 is 9.84 Å². The molecule has 1 aromatic heterocycles. The van der Waals surface area contributed by atoms with Crippen molar-refractivity contribution < 1.29 is 23.1 Å². The number of aliphatic hydroxyl groups excluding tert-OH is 1. The van der Waals surface area contributed by atoms with Crippen LogP contribution in [-0.2, 0) is 21.2 Å². The van der Waals surface area contributed by atoms with Gasteiger partial charge in [0, 0.05) is 0 Å². The lowest BCUT2D eigenvalue weighted by Gasteiger charge is -2.19. The number of thiophene rings is 1. The van der Waals surface area contributed by atoms with Gasteiger partial charge in [-0.05, 0) is 68.3 Å². The van der Waals surface area contributed by atoms with E-state index in [1.165, 1.54) is 17.8 Å². The van der Waals surface area contributed by atoms with Crippen molar-refractivity contribution in [3.63, 3.8) is 0 Å². The molecule has 1 heterocycles. The lowest BCUT2D eigenvalue weighted by atomic mass is 9.96. The summed E-state index contributed by atoms with van der Waals surface area (Å²) in [5, 5.41) is 20.4. The molecule has 0 unspecified atom stereocenters. The molecule has 0 saturated carbocycles. The van der Waals surface area contributed by atoms with Crippen molar-refractivity contribution in [2.45, 2.75) is 53.9 Å². The second kappa shape index (κ2) is 10.5. The quantitative estimate of drug-likeness (QED) is 0.216. The Morgan fingerprint density at radius 2 is 1.77 bits per heavy atom. The zero-order valence-corrected chi connectivity index (χ0v) is 22.6. The lowest BCUT2D eigenvalue weighted by molar-refractivity contribution is 0.0563. The van der Waals surface area contributed by atoms with Gasteiger partial charge in [-0.25, -0.2) is 13.2 Å². The number of amidine groups is 1. The van der Waals surface area contributed by atoms with Gasteiger partial charge in [0.05, 0.1) is 25.5 Å². The van der Waals surface area contributed by atoms with Gasteiger partial charge >= 0.3 is 6.09 Å². The van der Waals surface area contributed by atoms with Crippen molar-refractivity contribution >= 4 is 44.9 Å². The van der Waals surface area contributed by atoms with E-state index in [2.05, 4.69) is 5.32 Å². The molecule has 1 amide bonds. The van der Waals surface area contributed by atoms with Gasteiger partial charge in [0.2, 0.25) is 9.84 Å². The number of thioether (sulfide) groups is 1. The Labute approximate surface area is 214 Å². The van der Waals surface area contributed by atoms with Crippen molar-refractivity contribution in [1.29, 1.82) is 5.41 Å². The molecule has 0 spiro atoms. The van der Waals surface area contributed by atoms with E-state index in [1.54, 1.807) is 52.1 Å². The molecular formula is C25H28N2O5S3. The summed E-state index contributed by atoms with van der Waals surface area (Å²) in [6.07, 6.45) is 0.984. The summed E-state index contributed by atoms with van der Waals surface area (Å²) in [5.74, 6) is -0.233. The summed E-state index contributed by atoms with van der Waals surface area (Å²) >= 11 is 2.38. The summed E-state index contributed by atoms with van der Waals surface area (Å²) in [6.45, 7) is 6.73. The van der Waals surface area contributed by atoms with Crippen molar-refractivity contribution in [1.82, 2.24) is 5.32 Å². The van der Waals surface area contributed by atoms with Crippen LogP contribution in [0.3, 0.4) is 0 Å². The molecule has 0 radical (unpaired) electrons. The number of carbonyl (C=O) groups excluding carboxylic acids is 1. The first-order valence-electron chi connectivity index (χ1n) is 10.7. The summed E-state index contributed by atoms with van der Waals surface area (Å²) in [7, 11) is -3.95. The Morgan fingerprint density at radius 3 is 2.40 bits per heavy atom. The Kier molecular flexibility index (Phi) is 8.10. The number of carbonyl (C=O) groups is 1. The number of aliphatic hydroxyl groups is 1. The molecule has 3 aromatic rings. The molecule has 0 aliphatic heterocycles. The van der Waals surface area contributed by atoms with Gasteiger partial charge in [0.25, 0.3) is 0 Å². The highest BCUT2D eigenvalue weighted by Crippen LogP contribution is 2.39. The number of amides is 1. The van der Waals surface area contributed by atoms with E-state index in [9.17, 15) is 18.3 Å². The molecule has 0 atom stereocenters. The highest BCUT2D eigenvalue weighted by atomic mass is 32.2. The van der Waals surface area contributed by atoms with Gasteiger partial charge in [-0.2, -0.15) is 0 Å². The van der Waals surface area contributed by atoms with Crippen molar-refractivity contribution in [3.05, 3.63) is 64.5 Å². The second-order valence-electron chi connectivity index (χ2n) is 8.72. The topological polar surface area (TPSA) is 117 Å². The van der Waals surface area contributed by atoms with E-state index in [0.29, 0.717) is 20.2 Å². The number of alkyl carbamates (subject to hydrolysis) is 1. The summed E-state index contributed by atoms with van der Waals surface area (Å²) in [4.78, 5) is 12.6. The second-order valence-corrected chi connectivity index (χ2v) is 12.7. The minimum Gasteiger partial charge on any atom is -0.444 e. The largest absolute Gasteiger partial charge is 0.444 e. The molecule has 3 rings (SSSR count). The van der Waals surface area contributed by atoms with Crippen LogP contribution in [-0.4, -0.2) is 37.3 Å². The van der Waals surface area contributed by atoms with E-state index in [0.717, 1.165) is 22.5 Å². The Hall–Kier alpha value is -2.66. The first-order valence-corrected chi connectivity index (χ1v) is 14.2. The SMILES string of the molecule is CSc1sc(C(=N)NC(=O)OC(C)(C)C)cc1S(=O)(=O)c1cccc(-c2ccccc2CO)c1C. The predicted octanol–water partition coefficient (Wildman–Crippen LogP) is 5.62. The molecule has 3 N–H and O–H groups in total. The molecule has 0 aliphatic rings. The van der Waals surface area contributed by atoms with Crippen LogP contribution in [0.5, 0.6) is 0 Å². The van der Waals surface area contributed by atoms with E-state index >= 15 is 0 Å². The van der Waals surface area contributed by atoms with Gasteiger partial charge in [0.1, 0.15) is 11.4 Å². The maximum Gasteiger partial charge on any atom is 0.413 e. The van der Waals surface area contributed by atoms with Crippen LogP contribution in [0.15, 0.2) is 62.5 Å². The minimum atomic E-state index is -3.95. The van der Waals surface area contributed by atoms with Gasteiger partial charge in [0.15, 0.2) is 0 Å². The van der Waals surface area contributed by atoms with E-state index in [1.807, 2.05) is 24.3 Å². The number of hydrogen-bond donors (Lipinski definition) is 3. The number of rotatable bonds is 6. The van der Waals surface area contributed by atoms with Gasteiger partial charge in [-0.3, -0.25) is 10.7 Å². The van der Waals surface area contributed by atoms with Crippen molar-refractivity contribution in [3.8, 4) is 11.1 Å². The number of benzene rings is 2. The Balaban J connectivity index is 2.03. The third-order valence-corrected chi connectivity index (χ3v) is 9.53. The summed E-state index contributed by atoms with van der Waals surface area (Å²) in [5.41, 5.74) is 2.03. The normalized spacial score (nSPS) is 11.8. The maximum absolute atomic E-state index is 13.8. The molecule has 2 aromatic carbocycles. The van der Waals surface area contributed by atoms with Crippen LogP contribution in [0.1, 0.15) is 36.8 Å². The fourth-order valence-electron chi connectivity index (χ4n) is 3.51. The average Bonchev–Trinajstić information content (AvgIpc) is 3.23. The van der Waals surface area contributed by atoms with Gasteiger partial charge in [-0.15, -0.1) is 23.1 Å². The molecule has 0 bridgehead atoms. The molecule has 7 nitrogen and oxygen atoms in total. The maximum atomic E-state index is 13.8. The average molecular weight is 533 g/mol. The Bertz CT molecular complexity index is 1370. The zero-order valence-electron chi connectivity index (χ0n) is 20.1. The fraction of sp³-hybridized carbons (Fsp3) is 0.280. The highest BCUT2D eigenvalue weighted by Gasteiger charge is 2.28. The number of hydrogen-bond acceptors (Lipinski definition) is 8. The van der Waals surface area contributed by atoms with Crippen LogP contribution >= 0.6 is 23.1 Å².